The molecule has 0 bridgehead atoms. The number of methoxy groups -OCH3 is 2. The fourth-order valence-electron chi connectivity index (χ4n) is 2.57. The van der Waals surface area contributed by atoms with Gasteiger partial charge in [-0.3, -0.25) is 4.79 Å². The number of hydrogen-bond acceptors (Lipinski definition) is 4. The second kappa shape index (κ2) is 7.49. The predicted octanol–water partition coefficient (Wildman–Crippen LogP) is 3.62. The Bertz CT molecular complexity index is 930. The molecule has 0 unspecified atom stereocenters. The molecule has 1 N–H and O–H groups in total. The molecule has 126 valence electrons. The van der Waals surface area contributed by atoms with Crippen LogP contribution in [0.5, 0.6) is 11.5 Å². The molecule has 5 heteroatoms. The minimum atomic E-state index is -0.263. The largest absolute Gasteiger partial charge is 0.497 e. The number of hydrogen-bond donors (Lipinski definition) is 1. The molecule has 0 atom stereocenters. The molecule has 0 aliphatic rings. The normalized spacial score (nSPS) is 10.8. The summed E-state index contributed by atoms with van der Waals surface area (Å²) in [5, 5.41) is 5.94. The SMILES string of the molecule is COc1ccc(/C=N/NC(=O)c2cccc3ccccc23)c(OC)c1. The van der Waals surface area contributed by atoms with Crippen LogP contribution >= 0.6 is 0 Å². The predicted molar refractivity (Wildman–Crippen MR) is 98.6 cm³/mol. The van der Waals surface area contributed by atoms with Gasteiger partial charge in [0.2, 0.25) is 0 Å². The first-order valence-electron chi connectivity index (χ1n) is 7.76. The lowest BCUT2D eigenvalue weighted by molar-refractivity contribution is 0.0957. The number of carbonyl (C=O) groups excluding carboxylic acids is 1. The lowest BCUT2D eigenvalue weighted by atomic mass is 10.0. The molecule has 0 heterocycles. The molecule has 0 radical (unpaired) electrons. The van der Waals surface area contributed by atoms with Crippen LogP contribution in [-0.4, -0.2) is 26.3 Å². The zero-order chi connectivity index (χ0) is 17.6. The summed E-state index contributed by atoms with van der Waals surface area (Å²) < 4.78 is 10.5. The Morgan fingerprint density at radius 3 is 2.60 bits per heavy atom. The summed E-state index contributed by atoms with van der Waals surface area (Å²) in [5.41, 5.74) is 3.88. The number of amides is 1. The summed E-state index contributed by atoms with van der Waals surface area (Å²) in [4.78, 5) is 12.4. The molecule has 5 nitrogen and oxygen atoms in total. The van der Waals surface area contributed by atoms with Gasteiger partial charge in [-0.2, -0.15) is 5.10 Å². The number of ether oxygens (including phenoxy) is 2. The van der Waals surface area contributed by atoms with Crippen molar-refractivity contribution in [1.29, 1.82) is 0 Å². The van der Waals surface area contributed by atoms with Crippen LogP contribution < -0.4 is 14.9 Å². The van der Waals surface area contributed by atoms with Crippen LogP contribution in [0.2, 0.25) is 0 Å². The third kappa shape index (κ3) is 3.61. The Hall–Kier alpha value is -3.34. The molecule has 0 aliphatic heterocycles. The summed E-state index contributed by atoms with van der Waals surface area (Å²) in [6.07, 6.45) is 1.54. The van der Waals surface area contributed by atoms with Gasteiger partial charge in [-0.1, -0.05) is 36.4 Å². The van der Waals surface area contributed by atoms with Gasteiger partial charge in [-0.05, 0) is 29.0 Å². The number of fused-ring (bicyclic) bond motifs is 1. The van der Waals surface area contributed by atoms with Gasteiger partial charge in [0.1, 0.15) is 11.5 Å². The van der Waals surface area contributed by atoms with Crippen molar-refractivity contribution in [3.8, 4) is 11.5 Å². The Kier molecular flexibility index (Phi) is 4.95. The van der Waals surface area contributed by atoms with E-state index in [1.807, 2.05) is 42.5 Å². The first kappa shape index (κ1) is 16.5. The second-order valence-corrected chi connectivity index (χ2v) is 5.33. The van der Waals surface area contributed by atoms with Gasteiger partial charge in [-0.15, -0.1) is 0 Å². The Labute approximate surface area is 145 Å². The highest BCUT2D eigenvalue weighted by Crippen LogP contribution is 2.23. The average molecular weight is 334 g/mol. The fourth-order valence-corrected chi connectivity index (χ4v) is 2.57. The Balaban J connectivity index is 1.79. The smallest absolute Gasteiger partial charge is 0.271 e. The van der Waals surface area contributed by atoms with Gasteiger partial charge in [0.25, 0.3) is 5.91 Å². The van der Waals surface area contributed by atoms with Crippen molar-refractivity contribution in [2.45, 2.75) is 0 Å². The monoisotopic (exact) mass is 334 g/mol. The van der Waals surface area contributed by atoms with Gasteiger partial charge in [0.05, 0.1) is 20.4 Å². The number of hydrazone groups is 1. The van der Waals surface area contributed by atoms with Crippen molar-refractivity contribution in [1.82, 2.24) is 5.43 Å². The highest BCUT2D eigenvalue weighted by atomic mass is 16.5. The zero-order valence-corrected chi connectivity index (χ0v) is 14.0. The third-order valence-electron chi connectivity index (χ3n) is 3.84. The van der Waals surface area contributed by atoms with Crippen LogP contribution in [0.3, 0.4) is 0 Å². The van der Waals surface area contributed by atoms with E-state index in [2.05, 4.69) is 10.5 Å². The van der Waals surface area contributed by atoms with Crippen LogP contribution in [0.4, 0.5) is 0 Å². The van der Waals surface area contributed by atoms with Gasteiger partial charge < -0.3 is 9.47 Å². The highest BCUT2D eigenvalue weighted by Gasteiger charge is 2.08. The van der Waals surface area contributed by atoms with Crippen LogP contribution in [0.15, 0.2) is 65.8 Å². The molecule has 3 aromatic carbocycles. The maximum absolute atomic E-state index is 12.4. The molecule has 0 aromatic heterocycles. The molecular formula is C20H18N2O3. The molecule has 0 saturated carbocycles. The number of nitrogens with one attached hydrogen (secondary N) is 1. The van der Waals surface area contributed by atoms with E-state index in [0.717, 1.165) is 16.3 Å². The lowest BCUT2D eigenvalue weighted by Gasteiger charge is -2.07. The summed E-state index contributed by atoms with van der Waals surface area (Å²) in [7, 11) is 3.16. The van der Waals surface area contributed by atoms with Crippen LogP contribution in [0, 0.1) is 0 Å². The topological polar surface area (TPSA) is 59.9 Å². The average Bonchev–Trinajstić information content (AvgIpc) is 2.67. The second-order valence-electron chi connectivity index (χ2n) is 5.33. The summed E-state index contributed by atoms with van der Waals surface area (Å²) in [5.74, 6) is 1.04. The van der Waals surface area contributed by atoms with Crippen LogP contribution in [-0.2, 0) is 0 Å². The van der Waals surface area contributed by atoms with E-state index >= 15 is 0 Å². The molecular weight excluding hydrogens is 316 g/mol. The van der Waals surface area contributed by atoms with Gasteiger partial charge >= 0.3 is 0 Å². The van der Waals surface area contributed by atoms with E-state index in [-0.39, 0.29) is 5.91 Å². The maximum Gasteiger partial charge on any atom is 0.271 e. The highest BCUT2D eigenvalue weighted by molar-refractivity contribution is 6.07. The minimum absolute atomic E-state index is 0.263. The van der Waals surface area contributed by atoms with Crippen molar-refractivity contribution in [3.05, 3.63) is 71.8 Å². The lowest BCUT2D eigenvalue weighted by Crippen LogP contribution is -2.18. The Morgan fingerprint density at radius 2 is 1.80 bits per heavy atom. The number of benzene rings is 3. The van der Waals surface area contributed by atoms with E-state index in [4.69, 9.17) is 9.47 Å². The minimum Gasteiger partial charge on any atom is -0.497 e. The third-order valence-corrected chi connectivity index (χ3v) is 3.84. The van der Waals surface area contributed by atoms with Crippen molar-refractivity contribution in [3.63, 3.8) is 0 Å². The molecule has 0 spiro atoms. The van der Waals surface area contributed by atoms with Crippen molar-refractivity contribution in [2.24, 2.45) is 5.10 Å². The first-order chi connectivity index (χ1) is 12.2. The van der Waals surface area contributed by atoms with Gasteiger partial charge in [-0.25, -0.2) is 5.43 Å². The van der Waals surface area contributed by atoms with E-state index in [0.29, 0.717) is 17.1 Å². The molecule has 0 saturated heterocycles. The number of carbonyl (C=O) groups is 1. The van der Waals surface area contributed by atoms with Crippen molar-refractivity contribution in [2.75, 3.05) is 14.2 Å². The molecule has 0 aliphatic carbocycles. The standard InChI is InChI=1S/C20H18N2O3/c1-24-16-11-10-15(19(12-16)25-2)13-21-22-20(23)18-9-5-7-14-6-3-4-8-17(14)18/h3-13H,1-2H3,(H,22,23)/b21-13+. The summed E-state index contributed by atoms with van der Waals surface area (Å²) in [6.45, 7) is 0. The van der Waals surface area contributed by atoms with E-state index in [1.54, 1.807) is 38.6 Å². The number of rotatable bonds is 5. The van der Waals surface area contributed by atoms with Crippen molar-refractivity contribution >= 4 is 22.9 Å². The molecule has 3 aromatic rings. The molecule has 1 amide bonds. The maximum atomic E-state index is 12.4. The summed E-state index contributed by atoms with van der Waals surface area (Å²) >= 11 is 0. The van der Waals surface area contributed by atoms with E-state index < -0.39 is 0 Å². The molecule has 0 fully saturated rings. The van der Waals surface area contributed by atoms with Crippen molar-refractivity contribution < 1.29 is 14.3 Å². The quantitative estimate of drug-likeness (QED) is 0.573. The first-order valence-corrected chi connectivity index (χ1v) is 7.76. The Morgan fingerprint density at radius 1 is 1.00 bits per heavy atom. The van der Waals surface area contributed by atoms with E-state index in [1.165, 1.54) is 0 Å². The van der Waals surface area contributed by atoms with E-state index in [9.17, 15) is 4.79 Å². The van der Waals surface area contributed by atoms with Gasteiger partial charge in [0.15, 0.2) is 0 Å². The summed E-state index contributed by atoms with van der Waals surface area (Å²) in [6, 6.07) is 18.7. The zero-order valence-electron chi connectivity index (χ0n) is 14.0. The van der Waals surface area contributed by atoms with Gasteiger partial charge in [0, 0.05) is 17.2 Å². The molecule has 3 rings (SSSR count). The number of nitrogens with zero attached hydrogens (tertiary/aromatic N) is 1. The molecule has 25 heavy (non-hydrogen) atoms. The van der Waals surface area contributed by atoms with Crippen LogP contribution in [0.1, 0.15) is 15.9 Å². The van der Waals surface area contributed by atoms with Crippen LogP contribution in [0.25, 0.3) is 10.8 Å². The fraction of sp³-hybridized carbons (Fsp3) is 0.100.